The quantitative estimate of drug-likeness (QED) is 0.761. The lowest BCUT2D eigenvalue weighted by atomic mass is 10.1. The average molecular weight is 294 g/mol. The summed E-state index contributed by atoms with van der Waals surface area (Å²) in [4.78, 5) is 2.34. The lowest BCUT2D eigenvalue weighted by Crippen LogP contribution is -2.39. The van der Waals surface area contributed by atoms with Gasteiger partial charge in [0.05, 0.1) is 12.7 Å². The Bertz CT molecular complexity index is 390. The van der Waals surface area contributed by atoms with Gasteiger partial charge in [-0.25, -0.2) is 0 Å². The summed E-state index contributed by atoms with van der Waals surface area (Å²) < 4.78 is 10.8. The lowest BCUT2D eigenvalue weighted by molar-refractivity contribution is 0.125. The predicted molar refractivity (Wildman–Crippen MR) is 87.7 cm³/mol. The minimum atomic E-state index is -0.00245. The molecule has 0 aliphatic rings. The van der Waals surface area contributed by atoms with Gasteiger partial charge in [-0.3, -0.25) is 4.90 Å². The van der Waals surface area contributed by atoms with E-state index in [4.69, 9.17) is 15.2 Å². The van der Waals surface area contributed by atoms with E-state index in [2.05, 4.69) is 30.9 Å². The van der Waals surface area contributed by atoms with Crippen molar-refractivity contribution in [3.63, 3.8) is 0 Å². The maximum Gasteiger partial charge on any atom is 0.119 e. The largest absolute Gasteiger partial charge is 0.491 e. The van der Waals surface area contributed by atoms with Crippen LogP contribution in [-0.4, -0.2) is 43.9 Å². The number of ether oxygens (including phenoxy) is 2. The van der Waals surface area contributed by atoms with Crippen LogP contribution in [0, 0.1) is 0 Å². The molecule has 120 valence electrons. The summed E-state index contributed by atoms with van der Waals surface area (Å²) in [7, 11) is 1.73. The Morgan fingerprint density at radius 2 is 1.71 bits per heavy atom. The predicted octanol–water partition coefficient (Wildman–Crippen LogP) is 2.83. The van der Waals surface area contributed by atoms with E-state index in [1.54, 1.807) is 7.11 Å². The number of hydrogen-bond donors (Lipinski definition) is 1. The molecule has 1 aromatic rings. The standard InChI is InChI=1S/C17H30N2O2/c1-13(2)19(10-11-20-5)12-17(18)15-6-8-16(9-7-15)21-14(3)4/h6-9,13-14,17H,10-12,18H2,1-5H3. The van der Waals surface area contributed by atoms with E-state index in [9.17, 15) is 0 Å². The maximum absolute atomic E-state index is 6.33. The highest BCUT2D eigenvalue weighted by molar-refractivity contribution is 5.29. The highest BCUT2D eigenvalue weighted by Gasteiger charge is 2.15. The van der Waals surface area contributed by atoms with Gasteiger partial charge in [0, 0.05) is 32.3 Å². The molecule has 1 unspecified atom stereocenters. The molecule has 0 amide bonds. The molecular weight excluding hydrogens is 264 g/mol. The van der Waals surface area contributed by atoms with Crippen LogP contribution in [0.5, 0.6) is 5.75 Å². The molecular formula is C17H30N2O2. The number of benzene rings is 1. The molecule has 1 atom stereocenters. The van der Waals surface area contributed by atoms with E-state index in [0.717, 1.165) is 31.0 Å². The first kappa shape index (κ1) is 18.0. The van der Waals surface area contributed by atoms with Gasteiger partial charge in [-0.1, -0.05) is 12.1 Å². The zero-order valence-electron chi connectivity index (χ0n) is 14.0. The molecule has 0 saturated heterocycles. The third-order valence-corrected chi connectivity index (χ3v) is 3.42. The van der Waals surface area contributed by atoms with Crippen LogP contribution in [0.3, 0.4) is 0 Å². The van der Waals surface area contributed by atoms with Crippen molar-refractivity contribution in [1.29, 1.82) is 0 Å². The van der Waals surface area contributed by atoms with Crippen LogP contribution in [0.25, 0.3) is 0 Å². The van der Waals surface area contributed by atoms with Gasteiger partial charge in [0.2, 0.25) is 0 Å². The topological polar surface area (TPSA) is 47.7 Å². The van der Waals surface area contributed by atoms with Crippen LogP contribution >= 0.6 is 0 Å². The summed E-state index contributed by atoms with van der Waals surface area (Å²) in [6.07, 6.45) is 0.190. The fraction of sp³-hybridized carbons (Fsp3) is 0.647. The summed E-state index contributed by atoms with van der Waals surface area (Å²) in [6.45, 7) is 10.9. The van der Waals surface area contributed by atoms with Gasteiger partial charge in [0.15, 0.2) is 0 Å². The van der Waals surface area contributed by atoms with Gasteiger partial charge in [0.25, 0.3) is 0 Å². The van der Waals surface area contributed by atoms with Gasteiger partial charge in [-0.05, 0) is 45.4 Å². The second-order valence-electron chi connectivity index (χ2n) is 5.92. The van der Waals surface area contributed by atoms with Crippen LogP contribution in [0.15, 0.2) is 24.3 Å². The Morgan fingerprint density at radius 3 is 2.19 bits per heavy atom. The summed E-state index contributed by atoms with van der Waals surface area (Å²) in [5.41, 5.74) is 7.47. The highest BCUT2D eigenvalue weighted by atomic mass is 16.5. The minimum absolute atomic E-state index is 0.00245. The number of nitrogens with zero attached hydrogens (tertiary/aromatic N) is 1. The minimum Gasteiger partial charge on any atom is -0.491 e. The number of nitrogens with two attached hydrogens (primary N) is 1. The van der Waals surface area contributed by atoms with Gasteiger partial charge in [0.1, 0.15) is 5.75 Å². The van der Waals surface area contributed by atoms with Crippen molar-refractivity contribution < 1.29 is 9.47 Å². The van der Waals surface area contributed by atoms with Crippen molar-refractivity contribution >= 4 is 0 Å². The fourth-order valence-corrected chi connectivity index (χ4v) is 2.19. The summed E-state index contributed by atoms with van der Waals surface area (Å²) in [5.74, 6) is 0.890. The molecule has 4 heteroatoms. The molecule has 0 spiro atoms. The molecule has 4 nitrogen and oxygen atoms in total. The number of methoxy groups -OCH3 is 1. The van der Waals surface area contributed by atoms with Crippen molar-refractivity contribution in [1.82, 2.24) is 4.90 Å². The zero-order chi connectivity index (χ0) is 15.8. The summed E-state index contributed by atoms with van der Waals surface area (Å²) >= 11 is 0. The molecule has 0 aromatic heterocycles. The van der Waals surface area contributed by atoms with Crippen LogP contribution < -0.4 is 10.5 Å². The lowest BCUT2D eigenvalue weighted by Gasteiger charge is -2.29. The van der Waals surface area contributed by atoms with Gasteiger partial charge >= 0.3 is 0 Å². The first-order valence-corrected chi connectivity index (χ1v) is 7.69. The van der Waals surface area contributed by atoms with Gasteiger partial charge in [-0.15, -0.1) is 0 Å². The molecule has 21 heavy (non-hydrogen) atoms. The number of hydrogen-bond acceptors (Lipinski definition) is 4. The van der Waals surface area contributed by atoms with Crippen molar-refractivity contribution in [2.75, 3.05) is 26.8 Å². The molecule has 0 aliphatic heterocycles. The second kappa shape index (κ2) is 9.03. The molecule has 0 aliphatic carbocycles. The third kappa shape index (κ3) is 6.46. The van der Waals surface area contributed by atoms with Crippen molar-refractivity contribution in [2.45, 2.75) is 45.9 Å². The smallest absolute Gasteiger partial charge is 0.119 e. The van der Waals surface area contributed by atoms with Gasteiger partial charge in [-0.2, -0.15) is 0 Å². The molecule has 0 bridgehead atoms. The van der Waals surface area contributed by atoms with Crippen molar-refractivity contribution in [3.8, 4) is 5.75 Å². The molecule has 0 saturated carbocycles. The van der Waals surface area contributed by atoms with E-state index < -0.39 is 0 Å². The van der Waals surface area contributed by atoms with Crippen LogP contribution in [0.2, 0.25) is 0 Å². The Balaban J connectivity index is 2.62. The third-order valence-electron chi connectivity index (χ3n) is 3.42. The summed E-state index contributed by atoms with van der Waals surface area (Å²) in [6, 6.07) is 8.54. The first-order chi connectivity index (χ1) is 9.93. The molecule has 1 aromatic carbocycles. The second-order valence-corrected chi connectivity index (χ2v) is 5.92. The molecule has 2 N–H and O–H groups in total. The molecule has 1 rings (SSSR count). The van der Waals surface area contributed by atoms with E-state index in [1.807, 2.05) is 26.0 Å². The van der Waals surface area contributed by atoms with Crippen molar-refractivity contribution in [2.24, 2.45) is 5.73 Å². The molecule has 0 heterocycles. The Hall–Kier alpha value is -1.10. The van der Waals surface area contributed by atoms with E-state index in [1.165, 1.54) is 0 Å². The van der Waals surface area contributed by atoms with Crippen LogP contribution in [0.1, 0.15) is 39.3 Å². The maximum atomic E-state index is 6.33. The monoisotopic (exact) mass is 294 g/mol. The normalized spacial score (nSPS) is 13.2. The summed E-state index contributed by atoms with van der Waals surface area (Å²) in [5, 5.41) is 0. The highest BCUT2D eigenvalue weighted by Crippen LogP contribution is 2.18. The van der Waals surface area contributed by atoms with E-state index in [-0.39, 0.29) is 12.1 Å². The molecule has 0 fully saturated rings. The first-order valence-electron chi connectivity index (χ1n) is 7.69. The van der Waals surface area contributed by atoms with E-state index >= 15 is 0 Å². The zero-order valence-corrected chi connectivity index (χ0v) is 14.0. The SMILES string of the molecule is COCCN(CC(N)c1ccc(OC(C)C)cc1)C(C)C. The Labute approximate surface area is 129 Å². The average Bonchev–Trinajstić information content (AvgIpc) is 2.43. The van der Waals surface area contributed by atoms with Crippen LogP contribution in [-0.2, 0) is 4.74 Å². The fourth-order valence-electron chi connectivity index (χ4n) is 2.19. The Morgan fingerprint density at radius 1 is 1.10 bits per heavy atom. The Kier molecular flexibility index (Phi) is 7.72. The van der Waals surface area contributed by atoms with Crippen LogP contribution in [0.4, 0.5) is 0 Å². The number of rotatable bonds is 9. The van der Waals surface area contributed by atoms with Crippen molar-refractivity contribution in [3.05, 3.63) is 29.8 Å². The molecule has 0 radical (unpaired) electrons. The van der Waals surface area contributed by atoms with Gasteiger partial charge < -0.3 is 15.2 Å². The van der Waals surface area contributed by atoms with E-state index in [0.29, 0.717) is 6.04 Å².